The molecule has 1 aliphatic heterocycles. The Bertz CT molecular complexity index is 951. The Morgan fingerprint density at radius 1 is 0.897 bits per heavy atom. The quantitative estimate of drug-likeness (QED) is 0.703. The first-order chi connectivity index (χ1) is 14.2. The number of carbonyl (C=O) groups excluding carboxylic acids is 1. The lowest BCUT2D eigenvalue weighted by Gasteiger charge is -2.33. The van der Waals surface area contributed by atoms with Crippen LogP contribution in [0.25, 0.3) is 0 Å². The lowest BCUT2D eigenvalue weighted by Crippen LogP contribution is -3.13. The molecule has 1 heterocycles. The molecule has 0 unspecified atom stereocenters. The van der Waals surface area contributed by atoms with Gasteiger partial charge in [-0.2, -0.15) is 0 Å². The van der Waals surface area contributed by atoms with E-state index >= 15 is 0 Å². The average molecular weight is 390 g/mol. The molecule has 4 rings (SSSR count). The number of para-hydroxylation sites is 2. The predicted molar refractivity (Wildman–Crippen MR) is 114 cm³/mol. The molecule has 0 saturated carbocycles. The molecule has 0 radical (unpaired) electrons. The Balaban J connectivity index is 1.31. The summed E-state index contributed by atoms with van der Waals surface area (Å²) in [7, 11) is 0. The number of rotatable bonds is 5. The number of benzene rings is 3. The number of hydrogen-bond donors (Lipinski definition) is 2. The molecule has 5 heteroatoms. The molecule has 1 amide bonds. The standard InChI is InChI=1S/C24H24FN3O/c25-22-8-4-5-9-23(22)26-24(29)20-12-10-19(11-13-20)18-27-14-16-28(17-15-27)21-6-2-1-3-7-21/h1-13H,14-18H2,(H,26,29)/p+1. The van der Waals surface area contributed by atoms with E-state index in [1.807, 2.05) is 30.3 Å². The first-order valence-corrected chi connectivity index (χ1v) is 9.97. The molecule has 1 fully saturated rings. The van der Waals surface area contributed by atoms with Crippen molar-refractivity contribution in [3.8, 4) is 0 Å². The molecule has 29 heavy (non-hydrogen) atoms. The van der Waals surface area contributed by atoms with Gasteiger partial charge in [0.05, 0.1) is 31.9 Å². The summed E-state index contributed by atoms with van der Waals surface area (Å²) in [5.74, 6) is -0.735. The molecule has 3 aromatic rings. The van der Waals surface area contributed by atoms with Gasteiger partial charge >= 0.3 is 0 Å². The van der Waals surface area contributed by atoms with Crippen LogP contribution in [0.5, 0.6) is 0 Å². The van der Waals surface area contributed by atoms with Gasteiger partial charge in [0.2, 0.25) is 0 Å². The summed E-state index contributed by atoms with van der Waals surface area (Å²) in [6.07, 6.45) is 0. The fourth-order valence-corrected chi connectivity index (χ4v) is 3.72. The highest BCUT2D eigenvalue weighted by Gasteiger charge is 2.20. The second kappa shape index (κ2) is 8.88. The highest BCUT2D eigenvalue weighted by Crippen LogP contribution is 2.15. The van der Waals surface area contributed by atoms with Crippen molar-refractivity contribution >= 4 is 17.3 Å². The summed E-state index contributed by atoms with van der Waals surface area (Å²) in [6.45, 7) is 5.21. The number of hydrogen-bond acceptors (Lipinski definition) is 2. The minimum Gasteiger partial charge on any atom is -0.360 e. The first-order valence-electron chi connectivity index (χ1n) is 9.97. The fraction of sp³-hybridized carbons (Fsp3) is 0.208. The van der Waals surface area contributed by atoms with E-state index < -0.39 is 5.82 Å². The van der Waals surface area contributed by atoms with Crippen LogP contribution in [0, 0.1) is 5.82 Å². The van der Waals surface area contributed by atoms with Crippen molar-refractivity contribution in [2.24, 2.45) is 0 Å². The SMILES string of the molecule is O=C(Nc1ccccc1F)c1ccc(C[NH+]2CCN(c3ccccc3)CC2)cc1. The largest absolute Gasteiger partial charge is 0.360 e. The van der Waals surface area contributed by atoms with Crippen molar-refractivity contribution in [3.05, 3.63) is 95.8 Å². The van der Waals surface area contributed by atoms with Crippen LogP contribution in [-0.2, 0) is 6.54 Å². The zero-order valence-electron chi connectivity index (χ0n) is 16.3. The van der Waals surface area contributed by atoms with E-state index in [9.17, 15) is 9.18 Å². The Hall–Kier alpha value is -3.18. The molecule has 0 aliphatic carbocycles. The monoisotopic (exact) mass is 390 g/mol. The van der Waals surface area contributed by atoms with E-state index in [2.05, 4.69) is 34.5 Å². The normalized spacial score (nSPS) is 14.6. The van der Waals surface area contributed by atoms with Gasteiger partial charge in [0.15, 0.2) is 0 Å². The zero-order valence-corrected chi connectivity index (χ0v) is 16.3. The van der Waals surface area contributed by atoms with E-state index in [1.165, 1.54) is 17.3 Å². The number of quaternary nitrogens is 1. The molecular formula is C24H25FN3O+. The number of halogens is 1. The summed E-state index contributed by atoms with van der Waals surface area (Å²) in [5, 5.41) is 2.62. The smallest absolute Gasteiger partial charge is 0.255 e. The topological polar surface area (TPSA) is 36.8 Å². The van der Waals surface area contributed by atoms with Crippen LogP contribution in [0.15, 0.2) is 78.9 Å². The van der Waals surface area contributed by atoms with Gasteiger partial charge in [0, 0.05) is 16.8 Å². The molecule has 0 spiro atoms. The molecule has 0 atom stereocenters. The van der Waals surface area contributed by atoms with Crippen LogP contribution in [0.2, 0.25) is 0 Å². The van der Waals surface area contributed by atoms with E-state index in [1.54, 1.807) is 23.1 Å². The third-order valence-corrected chi connectivity index (χ3v) is 5.38. The Kier molecular flexibility index (Phi) is 5.86. The molecule has 1 aliphatic rings. The summed E-state index contributed by atoms with van der Waals surface area (Å²) < 4.78 is 13.7. The summed E-state index contributed by atoms with van der Waals surface area (Å²) >= 11 is 0. The molecule has 2 N–H and O–H groups in total. The van der Waals surface area contributed by atoms with Crippen molar-refractivity contribution < 1.29 is 14.1 Å². The molecule has 0 aromatic heterocycles. The number of anilines is 2. The molecule has 3 aromatic carbocycles. The van der Waals surface area contributed by atoms with Gasteiger partial charge in [-0.3, -0.25) is 4.79 Å². The molecular weight excluding hydrogens is 365 g/mol. The van der Waals surface area contributed by atoms with E-state index in [-0.39, 0.29) is 11.6 Å². The zero-order chi connectivity index (χ0) is 20.1. The van der Waals surface area contributed by atoms with Crippen LogP contribution >= 0.6 is 0 Å². The molecule has 148 valence electrons. The van der Waals surface area contributed by atoms with Crippen molar-refractivity contribution in [2.75, 3.05) is 36.4 Å². The minimum absolute atomic E-state index is 0.197. The Labute approximate surface area is 170 Å². The maximum Gasteiger partial charge on any atom is 0.255 e. The summed E-state index contributed by atoms with van der Waals surface area (Å²) in [4.78, 5) is 16.3. The second-order valence-corrected chi connectivity index (χ2v) is 7.38. The highest BCUT2D eigenvalue weighted by atomic mass is 19.1. The third kappa shape index (κ3) is 4.81. The van der Waals surface area contributed by atoms with Crippen LogP contribution < -0.4 is 15.1 Å². The third-order valence-electron chi connectivity index (χ3n) is 5.38. The number of nitrogens with zero attached hydrogens (tertiary/aromatic N) is 1. The fourth-order valence-electron chi connectivity index (χ4n) is 3.72. The summed E-state index contributed by atoms with van der Waals surface area (Å²) in [6, 6.07) is 24.3. The van der Waals surface area contributed by atoms with Crippen LogP contribution in [-0.4, -0.2) is 32.1 Å². The van der Waals surface area contributed by atoms with E-state index in [0.29, 0.717) is 5.56 Å². The second-order valence-electron chi connectivity index (χ2n) is 7.38. The van der Waals surface area contributed by atoms with Gasteiger partial charge in [-0.1, -0.05) is 42.5 Å². The number of carbonyl (C=O) groups is 1. The van der Waals surface area contributed by atoms with Gasteiger partial charge in [0.1, 0.15) is 12.4 Å². The lowest BCUT2D eigenvalue weighted by molar-refractivity contribution is -0.914. The van der Waals surface area contributed by atoms with Crippen molar-refractivity contribution in [1.29, 1.82) is 0 Å². The number of amides is 1. The van der Waals surface area contributed by atoms with Crippen LogP contribution in [0.4, 0.5) is 15.8 Å². The Morgan fingerprint density at radius 3 is 2.24 bits per heavy atom. The maximum absolute atomic E-state index is 13.7. The molecule has 1 saturated heterocycles. The number of piperazine rings is 1. The van der Waals surface area contributed by atoms with Gasteiger partial charge in [-0.25, -0.2) is 4.39 Å². The van der Waals surface area contributed by atoms with Gasteiger partial charge < -0.3 is 15.1 Å². The Morgan fingerprint density at radius 2 is 1.55 bits per heavy atom. The number of nitrogens with one attached hydrogen (secondary N) is 2. The van der Waals surface area contributed by atoms with Gasteiger partial charge in [-0.05, 0) is 36.4 Å². The van der Waals surface area contributed by atoms with Crippen LogP contribution in [0.1, 0.15) is 15.9 Å². The van der Waals surface area contributed by atoms with E-state index in [4.69, 9.17) is 0 Å². The molecule has 4 nitrogen and oxygen atoms in total. The van der Waals surface area contributed by atoms with Crippen molar-refractivity contribution in [3.63, 3.8) is 0 Å². The average Bonchev–Trinajstić information content (AvgIpc) is 2.77. The molecule has 0 bridgehead atoms. The van der Waals surface area contributed by atoms with Crippen LogP contribution in [0.3, 0.4) is 0 Å². The van der Waals surface area contributed by atoms with Crippen molar-refractivity contribution in [1.82, 2.24) is 0 Å². The maximum atomic E-state index is 13.7. The summed E-state index contributed by atoms with van der Waals surface area (Å²) in [5.41, 5.74) is 3.22. The van der Waals surface area contributed by atoms with E-state index in [0.717, 1.165) is 32.7 Å². The van der Waals surface area contributed by atoms with Gasteiger partial charge in [-0.15, -0.1) is 0 Å². The minimum atomic E-state index is -0.435. The van der Waals surface area contributed by atoms with Crippen molar-refractivity contribution in [2.45, 2.75) is 6.54 Å². The highest BCUT2D eigenvalue weighted by molar-refractivity contribution is 6.04. The van der Waals surface area contributed by atoms with Gasteiger partial charge in [0.25, 0.3) is 5.91 Å². The predicted octanol–water partition coefficient (Wildman–Crippen LogP) is 2.98. The lowest BCUT2D eigenvalue weighted by atomic mass is 10.1. The first kappa shape index (κ1) is 19.2.